The monoisotopic (exact) mass is 342 g/mol. The van der Waals surface area contributed by atoms with Crippen LogP contribution >= 0.6 is 0 Å². The van der Waals surface area contributed by atoms with Crippen LogP contribution in [0.3, 0.4) is 0 Å². The molecule has 3 rings (SSSR count). The maximum atomic E-state index is 12.5. The predicted molar refractivity (Wildman–Crippen MR) is 95.4 cm³/mol. The smallest absolute Gasteiger partial charge is 0.222 e. The number of nitrogens with zero attached hydrogens (tertiary/aromatic N) is 5. The Hall–Kier alpha value is -2.28. The van der Waals surface area contributed by atoms with Crippen LogP contribution in [0.4, 0.5) is 0 Å². The van der Waals surface area contributed by atoms with Crippen molar-refractivity contribution < 1.29 is 4.79 Å². The number of carbonyl (C=O) groups excluding carboxylic acids is 1. The van der Waals surface area contributed by atoms with Gasteiger partial charge in [-0.2, -0.15) is 4.80 Å². The van der Waals surface area contributed by atoms with Crippen LogP contribution in [0, 0.1) is 5.92 Å². The molecule has 2 aromatic rings. The lowest BCUT2D eigenvalue weighted by atomic mass is 9.90. The number of aromatic nitrogens is 4. The minimum absolute atomic E-state index is 0.176. The molecule has 7 heteroatoms. The van der Waals surface area contributed by atoms with Crippen molar-refractivity contribution in [3.63, 3.8) is 0 Å². The number of rotatable bonds is 6. The molecule has 2 heterocycles. The molecule has 1 aromatic heterocycles. The lowest BCUT2D eigenvalue weighted by Gasteiger charge is -2.39. The topological polar surface area (TPSA) is 89.9 Å². The first-order valence-electron chi connectivity index (χ1n) is 9.02. The quantitative estimate of drug-likeness (QED) is 0.863. The summed E-state index contributed by atoms with van der Waals surface area (Å²) in [6, 6.07) is 9.93. The maximum Gasteiger partial charge on any atom is 0.222 e. The number of hydrogen-bond acceptors (Lipinski definition) is 5. The number of piperidine rings is 1. The van der Waals surface area contributed by atoms with Crippen LogP contribution in [-0.4, -0.2) is 50.1 Å². The molecule has 2 N–H and O–H groups in total. The lowest BCUT2D eigenvalue weighted by molar-refractivity contribution is -0.136. The van der Waals surface area contributed by atoms with Gasteiger partial charge in [0, 0.05) is 31.1 Å². The fourth-order valence-corrected chi connectivity index (χ4v) is 3.47. The van der Waals surface area contributed by atoms with Crippen LogP contribution in [0.5, 0.6) is 0 Å². The summed E-state index contributed by atoms with van der Waals surface area (Å²) < 4.78 is 0. The molecule has 2 atom stereocenters. The zero-order chi connectivity index (χ0) is 17.6. The summed E-state index contributed by atoms with van der Waals surface area (Å²) in [5.74, 6) is 1.28. The largest absolute Gasteiger partial charge is 0.338 e. The number of nitrogens with two attached hydrogens (primary N) is 1. The number of carbonyl (C=O) groups is 1. The molecule has 1 aromatic carbocycles. The summed E-state index contributed by atoms with van der Waals surface area (Å²) in [7, 11) is 0. The summed E-state index contributed by atoms with van der Waals surface area (Å²) in [5.41, 5.74) is 6.82. The molecule has 1 aliphatic heterocycles. The third-order valence-electron chi connectivity index (χ3n) is 4.91. The molecule has 0 aliphatic carbocycles. The molecule has 1 fully saturated rings. The van der Waals surface area contributed by atoms with E-state index in [1.165, 1.54) is 0 Å². The van der Waals surface area contributed by atoms with Gasteiger partial charge in [-0.1, -0.05) is 37.3 Å². The van der Waals surface area contributed by atoms with E-state index in [4.69, 9.17) is 5.73 Å². The van der Waals surface area contributed by atoms with Crippen LogP contribution in [0.2, 0.25) is 0 Å². The number of amides is 1. The molecule has 1 saturated heterocycles. The summed E-state index contributed by atoms with van der Waals surface area (Å²) in [6.07, 6.45) is 3.41. The molecule has 0 saturated carbocycles. The molecule has 0 bridgehead atoms. The van der Waals surface area contributed by atoms with Gasteiger partial charge in [-0.15, -0.1) is 10.2 Å². The van der Waals surface area contributed by atoms with E-state index in [1.807, 2.05) is 35.2 Å². The van der Waals surface area contributed by atoms with E-state index in [0.29, 0.717) is 37.7 Å². The van der Waals surface area contributed by atoms with Crippen molar-refractivity contribution >= 4 is 5.91 Å². The molecule has 7 nitrogen and oxygen atoms in total. The van der Waals surface area contributed by atoms with Crippen molar-refractivity contribution in [2.45, 2.75) is 45.2 Å². The SMILES string of the molecule is CC1CCCN(C(=O)CCCn2nnc(-c3ccccc3)n2)C1CN. The van der Waals surface area contributed by atoms with Crippen LogP contribution in [0.15, 0.2) is 30.3 Å². The van der Waals surface area contributed by atoms with E-state index < -0.39 is 0 Å². The van der Waals surface area contributed by atoms with Crippen molar-refractivity contribution in [1.29, 1.82) is 0 Å². The second kappa shape index (κ2) is 8.20. The standard InChI is InChI=1S/C18H26N6O/c1-14-7-5-11-23(16(14)13-19)17(25)10-6-12-24-21-18(20-22-24)15-8-3-2-4-9-15/h2-4,8-9,14,16H,5-7,10-13,19H2,1H3. The summed E-state index contributed by atoms with van der Waals surface area (Å²) in [4.78, 5) is 16.1. The first-order valence-corrected chi connectivity index (χ1v) is 9.02. The summed E-state index contributed by atoms with van der Waals surface area (Å²) in [6.45, 7) is 4.13. The average Bonchev–Trinajstić information content (AvgIpc) is 3.11. The minimum Gasteiger partial charge on any atom is -0.338 e. The Morgan fingerprint density at radius 2 is 2.12 bits per heavy atom. The molecule has 1 amide bonds. The molecule has 0 spiro atoms. The van der Waals surface area contributed by atoms with E-state index in [-0.39, 0.29) is 11.9 Å². The third kappa shape index (κ3) is 4.22. The van der Waals surface area contributed by atoms with Gasteiger partial charge >= 0.3 is 0 Å². The van der Waals surface area contributed by atoms with Gasteiger partial charge in [-0.05, 0) is 30.4 Å². The Labute approximate surface area is 148 Å². The Morgan fingerprint density at radius 1 is 1.32 bits per heavy atom. The van der Waals surface area contributed by atoms with Crippen molar-refractivity contribution in [2.24, 2.45) is 11.7 Å². The first kappa shape index (κ1) is 17.5. The van der Waals surface area contributed by atoms with Crippen molar-refractivity contribution in [2.75, 3.05) is 13.1 Å². The molecule has 0 radical (unpaired) electrons. The number of likely N-dealkylation sites (tertiary alicyclic amines) is 1. The molecule has 25 heavy (non-hydrogen) atoms. The van der Waals surface area contributed by atoms with Crippen molar-refractivity contribution in [3.8, 4) is 11.4 Å². The maximum absolute atomic E-state index is 12.5. The molecular formula is C18H26N6O. The fourth-order valence-electron chi connectivity index (χ4n) is 3.47. The number of tetrazole rings is 1. The van der Waals surface area contributed by atoms with Gasteiger partial charge in [0.05, 0.1) is 6.54 Å². The highest BCUT2D eigenvalue weighted by Crippen LogP contribution is 2.23. The summed E-state index contributed by atoms with van der Waals surface area (Å²) >= 11 is 0. The molecule has 2 unspecified atom stereocenters. The normalized spacial score (nSPS) is 20.6. The number of aryl methyl sites for hydroxylation is 1. The van der Waals surface area contributed by atoms with Crippen LogP contribution in [-0.2, 0) is 11.3 Å². The van der Waals surface area contributed by atoms with Gasteiger partial charge in [0.1, 0.15) is 0 Å². The minimum atomic E-state index is 0.176. The van der Waals surface area contributed by atoms with Gasteiger partial charge < -0.3 is 10.6 Å². The molecular weight excluding hydrogens is 316 g/mol. The van der Waals surface area contributed by atoms with Crippen LogP contribution in [0.25, 0.3) is 11.4 Å². The van der Waals surface area contributed by atoms with Crippen LogP contribution < -0.4 is 5.73 Å². The second-order valence-corrected chi connectivity index (χ2v) is 6.69. The van der Waals surface area contributed by atoms with E-state index >= 15 is 0 Å². The Morgan fingerprint density at radius 3 is 2.88 bits per heavy atom. The number of benzene rings is 1. The van der Waals surface area contributed by atoms with E-state index in [1.54, 1.807) is 4.80 Å². The van der Waals surface area contributed by atoms with Gasteiger partial charge in [-0.3, -0.25) is 4.79 Å². The van der Waals surface area contributed by atoms with Gasteiger partial charge in [-0.25, -0.2) is 0 Å². The fraction of sp³-hybridized carbons (Fsp3) is 0.556. The highest BCUT2D eigenvalue weighted by Gasteiger charge is 2.30. The van der Waals surface area contributed by atoms with E-state index in [0.717, 1.165) is 24.9 Å². The Bertz CT molecular complexity index is 686. The average molecular weight is 342 g/mol. The van der Waals surface area contributed by atoms with Crippen molar-refractivity contribution in [3.05, 3.63) is 30.3 Å². The summed E-state index contributed by atoms with van der Waals surface area (Å²) in [5, 5.41) is 12.5. The van der Waals surface area contributed by atoms with E-state index in [2.05, 4.69) is 22.3 Å². The van der Waals surface area contributed by atoms with Crippen molar-refractivity contribution in [1.82, 2.24) is 25.1 Å². The molecule has 134 valence electrons. The highest BCUT2D eigenvalue weighted by molar-refractivity contribution is 5.76. The first-order chi connectivity index (χ1) is 12.2. The van der Waals surface area contributed by atoms with Gasteiger partial charge in [0.2, 0.25) is 11.7 Å². The lowest BCUT2D eigenvalue weighted by Crippen LogP contribution is -2.51. The highest BCUT2D eigenvalue weighted by atomic mass is 16.2. The zero-order valence-corrected chi connectivity index (χ0v) is 14.7. The number of hydrogen-bond donors (Lipinski definition) is 1. The van der Waals surface area contributed by atoms with Crippen LogP contribution in [0.1, 0.15) is 32.6 Å². The molecule has 1 aliphatic rings. The van der Waals surface area contributed by atoms with Gasteiger partial charge in [0.25, 0.3) is 0 Å². The second-order valence-electron chi connectivity index (χ2n) is 6.69. The Balaban J connectivity index is 1.51. The third-order valence-corrected chi connectivity index (χ3v) is 4.91. The predicted octanol–water partition coefficient (Wildman–Crippen LogP) is 1.71. The van der Waals surface area contributed by atoms with E-state index in [9.17, 15) is 4.79 Å². The Kier molecular flexibility index (Phi) is 5.75. The van der Waals surface area contributed by atoms with Gasteiger partial charge in [0.15, 0.2) is 0 Å². The zero-order valence-electron chi connectivity index (χ0n) is 14.7.